The molecule has 2 rings (SSSR count). The summed E-state index contributed by atoms with van der Waals surface area (Å²) in [6.45, 7) is 3.88. The van der Waals surface area contributed by atoms with E-state index in [9.17, 15) is 4.79 Å². The quantitative estimate of drug-likeness (QED) is 0.897. The molecule has 3 nitrogen and oxygen atoms in total. The smallest absolute Gasteiger partial charge is 0.223 e. The second-order valence-corrected chi connectivity index (χ2v) is 6.22. The number of carbonyl (C=O) groups excluding carboxylic acids is 1. The van der Waals surface area contributed by atoms with Gasteiger partial charge < -0.3 is 10.6 Å². The summed E-state index contributed by atoms with van der Waals surface area (Å²) in [7, 11) is 0. The van der Waals surface area contributed by atoms with Gasteiger partial charge in [-0.15, -0.1) is 0 Å². The van der Waals surface area contributed by atoms with E-state index < -0.39 is 0 Å². The van der Waals surface area contributed by atoms with Crippen LogP contribution in [-0.2, 0) is 11.2 Å². The van der Waals surface area contributed by atoms with Gasteiger partial charge in [0, 0.05) is 22.0 Å². The van der Waals surface area contributed by atoms with E-state index >= 15 is 0 Å². The van der Waals surface area contributed by atoms with Crippen LogP contribution in [-0.4, -0.2) is 25.0 Å². The van der Waals surface area contributed by atoms with Gasteiger partial charge in [-0.25, -0.2) is 0 Å². The monoisotopic (exact) mass is 314 g/mol. The normalized spacial score (nSPS) is 17.8. The Morgan fingerprint density at radius 3 is 2.75 bits per heavy atom. The van der Waals surface area contributed by atoms with Crippen LogP contribution in [0.4, 0.5) is 0 Å². The lowest BCUT2D eigenvalue weighted by atomic mass is 9.99. The van der Waals surface area contributed by atoms with E-state index in [0.29, 0.717) is 22.5 Å². The molecule has 110 valence electrons. The predicted molar refractivity (Wildman–Crippen MR) is 83.4 cm³/mol. The summed E-state index contributed by atoms with van der Waals surface area (Å²) in [5.74, 6) is 0.00600. The number of carbonyl (C=O) groups is 1. The molecule has 1 heterocycles. The van der Waals surface area contributed by atoms with E-state index in [1.807, 2.05) is 13.0 Å². The molecular formula is C15H20Cl2N2O. The van der Waals surface area contributed by atoms with Gasteiger partial charge in [0.2, 0.25) is 5.91 Å². The highest BCUT2D eigenvalue weighted by atomic mass is 35.5. The van der Waals surface area contributed by atoms with Crippen molar-refractivity contribution in [1.82, 2.24) is 10.6 Å². The van der Waals surface area contributed by atoms with E-state index in [-0.39, 0.29) is 11.8 Å². The molecule has 1 atom stereocenters. The number of halogens is 2. The highest BCUT2D eigenvalue weighted by molar-refractivity contribution is 6.35. The SMILES string of the molecule is CC(Cc1ccc(Cl)cc1Cl)C(=O)NC1CCNCC1. The minimum Gasteiger partial charge on any atom is -0.353 e. The molecule has 20 heavy (non-hydrogen) atoms. The summed E-state index contributed by atoms with van der Waals surface area (Å²) >= 11 is 12.0. The number of nitrogens with one attached hydrogen (secondary N) is 2. The van der Waals surface area contributed by atoms with Gasteiger partial charge in [0.05, 0.1) is 0 Å². The highest BCUT2D eigenvalue weighted by Gasteiger charge is 2.20. The largest absolute Gasteiger partial charge is 0.353 e. The van der Waals surface area contributed by atoms with Crippen LogP contribution in [0.2, 0.25) is 10.0 Å². The summed E-state index contributed by atoms with van der Waals surface area (Å²) in [5, 5.41) is 7.65. The van der Waals surface area contributed by atoms with Gasteiger partial charge in [0.25, 0.3) is 0 Å². The highest BCUT2D eigenvalue weighted by Crippen LogP contribution is 2.23. The van der Waals surface area contributed by atoms with Crippen molar-refractivity contribution in [3.05, 3.63) is 33.8 Å². The van der Waals surface area contributed by atoms with Crippen molar-refractivity contribution in [1.29, 1.82) is 0 Å². The maximum Gasteiger partial charge on any atom is 0.223 e. The van der Waals surface area contributed by atoms with Gasteiger partial charge >= 0.3 is 0 Å². The molecule has 0 spiro atoms. The maximum atomic E-state index is 12.2. The van der Waals surface area contributed by atoms with E-state index in [4.69, 9.17) is 23.2 Å². The van der Waals surface area contributed by atoms with E-state index in [1.54, 1.807) is 12.1 Å². The van der Waals surface area contributed by atoms with Crippen molar-refractivity contribution >= 4 is 29.1 Å². The topological polar surface area (TPSA) is 41.1 Å². The molecule has 0 saturated carbocycles. The van der Waals surface area contributed by atoms with Crippen molar-refractivity contribution in [2.75, 3.05) is 13.1 Å². The third-order valence-corrected chi connectivity index (χ3v) is 4.26. The van der Waals surface area contributed by atoms with E-state index in [0.717, 1.165) is 31.5 Å². The number of amides is 1. The Morgan fingerprint density at radius 2 is 2.10 bits per heavy atom. The lowest BCUT2D eigenvalue weighted by Crippen LogP contribution is -2.44. The molecule has 1 saturated heterocycles. The van der Waals surface area contributed by atoms with Gasteiger partial charge in [-0.3, -0.25) is 4.79 Å². The number of hydrogen-bond acceptors (Lipinski definition) is 2. The Balaban J connectivity index is 1.89. The fourth-order valence-electron chi connectivity index (χ4n) is 2.42. The minimum atomic E-state index is -0.0939. The first-order valence-corrected chi connectivity index (χ1v) is 7.77. The molecule has 1 unspecified atom stereocenters. The zero-order valence-electron chi connectivity index (χ0n) is 11.6. The fraction of sp³-hybridized carbons (Fsp3) is 0.533. The molecule has 2 N–H and O–H groups in total. The Hall–Kier alpha value is -0.770. The summed E-state index contributed by atoms with van der Waals surface area (Å²) in [6, 6.07) is 5.71. The minimum absolute atomic E-state index is 0.0939. The van der Waals surface area contributed by atoms with Crippen LogP contribution < -0.4 is 10.6 Å². The lowest BCUT2D eigenvalue weighted by molar-refractivity contribution is -0.125. The second kappa shape index (κ2) is 7.30. The Kier molecular flexibility index (Phi) is 5.70. The third kappa shape index (κ3) is 4.37. The molecule has 1 aromatic rings. The van der Waals surface area contributed by atoms with Crippen LogP contribution in [0.1, 0.15) is 25.3 Å². The van der Waals surface area contributed by atoms with Crippen LogP contribution >= 0.6 is 23.2 Å². The molecule has 1 aliphatic heterocycles. The van der Waals surface area contributed by atoms with Gasteiger partial charge in [-0.1, -0.05) is 36.2 Å². The number of piperidine rings is 1. The van der Waals surface area contributed by atoms with Crippen molar-refractivity contribution in [3.63, 3.8) is 0 Å². The molecule has 0 radical (unpaired) electrons. The van der Waals surface area contributed by atoms with Gasteiger partial charge in [0.1, 0.15) is 0 Å². The van der Waals surface area contributed by atoms with Crippen LogP contribution in [0.5, 0.6) is 0 Å². The molecule has 0 bridgehead atoms. The van der Waals surface area contributed by atoms with Crippen LogP contribution in [0.3, 0.4) is 0 Å². The number of hydrogen-bond donors (Lipinski definition) is 2. The molecular weight excluding hydrogens is 295 g/mol. The first-order valence-electron chi connectivity index (χ1n) is 7.01. The van der Waals surface area contributed by atoms with E-state index in [1.165, 1.54) is 0 Å². The zero-order chi connectivity index (χ0) is 14.5. The molecule has 1 fully saturated rings. The standard InChI is InChI=1S/C15H20Cl2N2O/c1-10(8-11-2-3-12(16)9-14(11)17)15(20)19-13-4-6-18-7-5-13/h2-3,9-10,13,18H,4-8H2,1H3,(H,19,20). The van der Waals surface area contributed by atoms with Crippen molar-refractivity contribution in [3.8, 4) is 0 Å². The summed E-state index contributed by atoms with van der Waals surface area (Å²) < 4.78 is 0. The number of benzene rings is 1. The Bertz CT molecular complexity index is 473. The zero-order valence-corrected chi connectivity index (χ0v) is 13.1. The Morgan fingerprint density at radius 1 is 1.40 bits per heavy atom. The molecule has 1 aromatic carbocycles. The fourth-order valence-corrected chi connectivity index (χ4v) is 2.91. The average molecular weight is 315 g/mol. The molecule has 1 aliphatic rings. The summed E-state index contributed by atoms with van der Waals surface area (Å²) in [6.07, 6.45) is 2.63. The summed E-state index contributed by atoms with van der Waals surface area (Å²) in [5.41, 5.74) is 0.962. The average Bonchev–Trinajstić information content (AvgIpc) is 2.43. The maximum absolute atomic E-state index is 12.2. The molecule has 1 amide bonds. The molecule has 0 aromatic heterocycles. The molecule has 0 aliphatic carbocycles. The third-order valence-electron chi connectivity index (χ3n) is 3.67. The van der Waals surface area contributed by atoms with Crippen LogP contribution in [0.25, 0.3) is 0 Å². The second-order valence-electron chi connectivity index (χ2n) is 5.37. The number of rotatable bonds is 4. The van der Waals surface area contributed by atoms with Crippen molar-refractivity contribution < 1.29 is 4.79 Å². The van der Waals surface area contributed by atoms with Crippen molar-refractivity contribution in [2.45, 2.75) is 32.2 Å². The predicted octanol–water partition coefficient (Wildman–Crippen LogP) is 3.04. The summed E-state index contributed by atoms with van der Waals surface area (Å²) in [4.78, 5) is 12.2. The van der Waals surface area contributed by atoms with Crippen LogP contribution in [0.15, 0.2) is 18.2 Å². The van der Waals surface area contributed by atoms with E-state index in [2.05, 4.69) is 10.6 Å². The Labute approximate surface area is 130 Å². The van der Waals surface area contributed by atoms with Crippen LogP contribution in [0, 0.1) is 5.92 Å². The molecule has 5 heteroatoms. The first kappa shape index (κ1) is 15.6. The van der Waals surface area contributed by atoms with Gasteiger partial charge in [-0.05, 0) is 50.0 Å². The van der Waals surface area contributed by atoms with Crippen molar-refractivity contribution in [2.24, 2.45) is 5.92 Å². The lowest BCUT2D eigenvalue weighted by Gasteiger charge is -2.25. The van der Waals surface area contributed by atoms with Gasteiger partial charge in [-0.2, -0.15) is 0 Å². The van der Waals surface area contributed by atoms with Gasteiger partial charge in [0.15, 0.2) is 0 Å². The first-order chi connectivity index (χ1) is 9.56.